The maximum Gasteiger partial charge on any atom is 0.473 e. The molecular weight excluding hydrogens is 2030 g/mol. The van der Waals surface area contributed by atoms with E-state index >= 15 is 0 Å². The Kier molecular flexibility index (Phi) is 27.3. The minimum absolute atomic E-state index is 0.0222. The van der Waals surface area contributed by atoms with Crippen molar-refractivity contribution in [1.29, 1.82) is 0 Å². The van der Waals surface area contributed by atoms with Gasteiger partial charge in [0.15, 0.2) is 56.9 Å². The Hall–Kier alpha value is -10.7. The number of aromatic amines is 4. The first-order chi connectivity index (χ1) is 67.2. The van der Waals surface area contributed by atoms with Gasteiger partial charge in [-0.25, -0.2) is 81.6 Å². The number of H-pyrrole nitrogens is 4. The van der Waals surface area contributed by atoms with Crippen molar-refractivity contribution in [3.05, 3.63) is 146 Å². The number of aryl methyl sites for hydroxylation is 2. The standard InChI is InChI=1S/C69H85N27O40P6/c1-25-12-91(68(104)88-61(25)99)42-8-30(36(125-42)16-118-137(106,107)130-28-6-44(123-34(28)14-97)93-22-79-48-54(71)75-20-77-56(48)93)132-139(110,111)119-15-35-29(7-41(124-35)90-4-3-40(70)82-67(90)103)131-138(108,109)121-18-38-32(10-45(127-38)94-23-80-50-58(94)84-65(73)86-63(50)101)134-141(114,115)120-17-37-31(9-43(126-37)92-13-26(2)62(100)89-69(92)105)133-140(112,113)122-19-39-33(11-46(128-39)95-24-81-51-59(95)85-66(74)87-64(51)102)135-142(116,117)136-53-52-27(98)5-47(129-52)96-57-49(83-60(53)96)55(72)76-21-78-57/h3-4,12-13,20-24,27-39,41-47,52-53,97-98H,5-11,14-19H2,1-2H3,(H,106,107)(H,108,109)(H,110,111)(H,112,113)(H,114,115)(H,116,117)(H2,70,82,103)(H2,71,75,77)(H2,72,76,78)(H,88,99,104)(H,89,100,105)(H3,73,84,86,101)(H3,74,85,87,102)/t27-,28-,29-,30-,31-,32-,33-,34+,35+,36+,37+,38+,39+,41+,42+,43+,44+,45+,46+,47+,52+,53+/m0/s1. The molecule has 142 heavy (non-hydrogen) atoms. The lowest BCUT2D eigenvalue weighted by molar-refractivity contribution is -0.111. The largest absolute Gasteiger partial charge is 0.473 e. The number of fused-ring (bicyclic) bond motifs is 9. The molecule has 0 aromatic carbocycles. The third-order valence-corrected chi connectivity index (χ3v) is 30.0. The van der Waals surface area contributed by atoms with E-state index in [0.29, 0.717) is 0 Å². The normalized spacial score (nSPS) is 30.3. The Morgan fingerprint density at radius 3 is 1.15 bits per heavy atom. The summed E-state index contributed by atoms with van der Waals surface area (Å²) in [4.78, 5) is 215. The van der Waals surface area contributed by atoms with E-state index in [1.807, 2.05) is 0 Å². The Morgan fingerprint density at radius 1 is 0.387 bits per heavy atom. The molecule has 766 valence electrons. The van der Waals surface area contributed by atoms with Gasteiger partial charge in [0.2, 0.25) is 11.9 Å². The molecule has 7 saturated heterocycles. The van der Waals surface area contributed by atoms with Crippen molar-refractivity contribution in [2.75, 3.05) is 68.3 Å². The highest BCUT2D eigenvalue weighted by atomic mass is 31.2. The summed E-state index contributed by atoms with van der Waals surface area (Å²) in [7, 11) is -33.7. The third kappa shape index (κ3) is 20.8. The van der Waals surface area contributed by atoms with Gasteiger partial charge < -0.3 is 101 Å². The predicted octanol–water partition coefficient (Wildman–Crippen LogP) is -2.75. The molecule has 2 bridgehead atoms. The van der Waals surface area contributed by atoms with Gasteiger partial charge in [0, 0.05) is 74.7 Å². The van der Waals surface area contributed by atoms with Crippen LogP contribution in [0.15, 0.2) is 89.9 Å². The molecule has 0 amide bonds. The molecule has 0 radical (unpaired) electrons. The third-order valence-electron chi connectivity index (χ3n) is 23.9. The van der Waals surface area contributed by atoms with Crippen molar-refractivity contribution in [3.8, 4) is 0 Å². The van der Waals surface area contributed by atoms with Crippen LogP contribution < -0.4 is 68.0 Å². The van der Waals surface area contributed by atoms with E-state index < -0.39 is 299 Å². The van der Waals surface area contributed by atoms with Crippen LogP contribution in [0.4, 0.5) is 29.4 Å². The summed E-state index contributed by atoms with van der Waals surface area (Å²) in [5.74, 6) is -1.23. The highest BCUT2D eigenvalue weighted by molar-refractivity contribution is 7.48. The van der Waals surface area contributed by atoms with Gasteiger partial charge in [0.1, 0.15) is 153 Å². The maximum atomic E-state index is 14.7. The monoisotopic (exact) mass is 2120 g/mol. The number of aliphatic hydroxyl groups excluding tert-OH is 2. The minimum Gasteiger partial charge on any atom is -0.394 e. The summed E-state index contributed by atoms with van der Waals surface area (Å²) in [5.41, 5.74) is 22.6. The molecule has 73 heteroatoms. The highest BCUT2D eigenvalue weighted by Crippen LogP contribution is 2.60. The molecular formula is C69H85N27O40P6. The number of nitrogens with one attached hydrogen (secondary N) is 4. The summed E-state index contributed by atoms with van der Waals surface area (Å²) >= 11 is 0. The molecule has 0 aliphatic carbocycles. The molecule has 67 nitrogen and oxygen atoms in total. The van der Waals surface area contributed by atoms with Gasteiger partial charge in [-0.05, 0) is 19.9 Å². The van der Waals surface area contributed by atoms with Crippen LogP contribution in [0.5, 0.6) is 0 Å². The van der Waals surface area contributed by atoms with E-state index in [4.69, 9.17) is 116 Å². The molecule has 7 fully saturated rings. The molecule has 11 aromatic heterocycles. The number of anilines is 5. The van der Waals surface area contributed by atoms with Crippen LogP contribution in [0.25, 0.3) is 44.7 Å². The molecule has 19 heterocycles. The van der Waals surface area contributed by atoms with Crippen LogP contribution in [0.2, 0.25) is 0 Å². The Labute approximate surface area is 787 Å². The zero-order valence-electron chi connectivity index (χ0n) is 72.9. The van der Waals surface area contributed by atoms with Gasteiger partial charge in [0.05, 0.1) is 64.7 Å². The first kappa shape index (κ1) is 100. The average molecular weight is 2120 g/mol. The van der Waals surface area contributed by atoms with Crippen molar-refractivity contribution in [2.24, 2.45) is 0 Å². The summed E-state index contributed by atoms with van der Waals surface area (Å²) in [6.45, 7) is -3.87. The number of rotatable bonds is 36. The molecule has 19 rings (SSSR count). The van der Waals surface area contributed by atoms with Gasteiger partial charge in [-0.2, -0.15) is 15.0 Å². The van der Waals surface area contributed by atoms with Gasteiger partial charge in [0.25, 0.3) is 22.2 Å². The van der Waals surface area contributed by atoms with Crippen LogP contribution in [-0.2, 0) is 115 Å². The second-order valence-electron chi connectivity index (χ2n) is 33.3. The first-order valence-corrected chi connectivity index (χ1v) is 51.4. The fourth-order valence-electron chi connectivity index (χ4n) is 17.4. The second-order valence-corrected chi connectivity index (χ2v) is 41.7. The summed E-state index contributed by atoms with van der Waals surface area (Å²) < 4.78 is 204. The van der Waals surface area contributed by atoms with E-state index in [1.54, 1.807) is 0 Å². The molecule has 8 aliphatic heterocycles. The predicted molar refractivity (Wildman–Crippen MR) is 464 cm³/mol. The van der Waals surface area contributed by atoms with E-state index in [2.05, 4.69) is 74.8 Å². The fraction of sp³-hybridized carbons (Fsp3) is 0.536. The lowest BCUT2D eigenvalue weighted by Gasteiger charge is -2.32. The minimum atomic E-state index is -5.76. The smallest absolute Gasteiger partial charge is 0.394 e. The summed E-state index contributed by atoms with van der Waals surface area (Å²) in [6, 6.07) is 1.16. The Balaban J connectivity index is 0.543. The summed E-state index contributed by atoms with van der Waals surface area (Å²) in [6.07, 6.45) is -29.0. The SMILES string of the molecule is Cc1cn([C@H]2C[C@H](OP(=O)(O)OC[C@H]3O[C@@H](n4ccc(N)nc4=O)C[C@@H]3OP(=O)(O)OC[C@H]3O[C@@H](n4cnc5c(=O)[nH]c(N)nc54)C[C@@H]3OP(=O)(O)OC[C@H]3O[C@@H](n4cc(C)c(=O)[nH]c4=O)C[C@@H]3OP(=O)(O)OC[C@H]3O[C@@H](n4cnc5c(=O)[nH]c(N)nc54)C[C@@H]3OP(=O)(O)O[C@H]3c4nc5c(N)ncnc5n4[C@H]4C[C@H](O)[C@H]3O4)[C@@H](COP(=O)(O)O[C@H]3C[C@H](n4cnc5c(N)ncnc54)O[C@@H]3CO)O2)c(=O)[nH]c1=O. The number of phosphoric acid groups is 6. The van der Waals surface area contributed by atoms with Gasteiger partial charge >= 0.3 is 64.0 Å². The molecule has 6 unspecified atom stereocenters. The number of hydrogen-bond donors (Lipinski definition) is 17. The number of ether oxygens (including phenoxy) is 7. The Morgan fingerprint density at radius 2 is 0.746 bits per heavy atom. The van der Waals surface area contributed by atoms with Crippen LogP contribution in [0.3, 0.4) is 0 Å². The number of nitrogens with two attached hydrogens (primary N) is 5. The maximum absolute atomic E-state index is 14.7. The van der Waals surface area contributed by atoms with Crippen LogP contribution in [0.1, 0.15) is 112 Å². The number of nitrogens with zero attached hydrogens (tertiary/aromatic N) is 18. The van der Waals surface area contributed by atoms with E-state index in [1.165, 1.54) is 33.9 Å². The fourth-order valence-corrected chi connectivity index (χ4v) is 23.3. The molecule has 0 saturated carbocycles. The molecule has 8 aliphatic rings. The Bertz CT molecular complexity index is 7500. The van der Waals surface area contributed by atoms with Crippen LogP contribution >= 0.6 is 46.9 Å². The van der Waals surface area contributed by atoms with Crippen LogP contribution in [-0.4, -0.2) is 271 Å². The number of aromatic nitrogens is 22. The van der Waals surface area contributed by atoms with E-state index in [-0.39, 0.29) is 97.9 Å². The summed E-state index contributed by atoms with van der Waals surface area (Å²) in [5, 5.41) is 21.5. The highest BCUT2D eigenvalue weighted by Gasteiger charge is 2.56. The number of aliphatic hydroxyl groups is 2. The van der Waals surface area contributed by atoms with Crippen LogP contribution in [0, 0.1) is 13.8 Å². The van der Waals surface area contributed by atoms with E-state index in [0.717, 1.165) is 68.2 Å². The average Bonchev–Trinajstić information content (AvgIpc) is 1.55. The van der Waals surface area contributed by atoms with Crippen molar-refractivity contribution < 1.29 is 154 Å². The van der Waals surface area contributed by atoms with Crippen molar-refractivity contribution in [3.63, 3.8) is 0 Å². The molecule has 11 aromatic rings. The zero-order valence-corrected chi connectivity index (χ0v) is 78.2. The number of imidazole rings is 4. The van der Waals surface area contributed by atoms with Gasteiger partial charge in [-0.15, -0.1) is 0 Å². The molecule has 0 spiro atoms. The number of nitrogen functional groups attached to an aromatic ring is 5. The van der Waals surface area contributed by atoms with Gasteiger partial charge in [-0.1, -0.05) is 0 Å². The second kappa shape index (κ2) is 38.7. The first-order valence-electron chi connectivity index (χ1n) is 42.5. The quantitative estimate of drug-likeness (QED) is 0.0177. The van der Waals surface area contributed by atoms with Gasteiger partial charge in [-0.3, -0.25) is 125 Å². The number of hydrogen-bond acceptors (Lipinski definition) is 50. The lowest BCUT2D eigenvalue weighted by atomic mass is 10.1. The lowest BCUT2D eigenvalue weighted by Crippen LogP contribution is -2.35. The number of phosphoric ester groups is 6. The topological polar surface area (TPSA) is 929 Å². The zero-order chi connectivity index (χ0) is 101. The van der Waals surface area contributed by atoms with Crippen molar-refractivity contribution in [1.82, 2.24) is 107 Å². The molecule has 28 atom stereocenters. The van der Waals surface area contributed by atoms with E-state index in [9.17, 15) is 101 Å². The molecule has 22 N–H and O–H groups in total. The van der Waals surface area contributed by atoms with Crippen molar-refractivity contribution in [2.45, 2.75) is 194 Å². The van der Waals surface area contributed by atoms with Crippen molar-refractivity contribution >= 4 is 121 Å².